The van der Waals surface area contributed by atoms with E-state index in [9.17, 15) is 4.79 Å². The number of hydrogen-bond donors (Lipinski definition) is 1. The van der Waals surface area contributed by atoms with E-state index in [2.05, 4.69) is 21.9 Å². The molecule has 3 rings (SSSR count). The van der Waals surface area contributed by atoms with Crippen LogP contribution in [0.5, 0.6) is 0 Å². The first-order chi connectivity index (χ1) is 11.2. The van der Waals surface area contributed by atoms with E-state index in [4.69, 9.17) is 4.74 Å². The summed E-state index contributed by atoms with van der Waals surface area (Å²) in [5, 5.41) is 11.3. The quantitative estimate of drug-likeness (QED) is 0.855. The number of aryl methyl sites for hydroxylation is 1. The van der Waals surface area contributed by atoms with Crippen molar-refractivity contribution in [3.05, 3.63) is 40.8 Å². The minimum atomic E-state index is -0.0279. The van der Waals surface area contributed by atoms with Crippen LogP contribution >= 0.6 is 11.3 Å². The molecule has 0 aliphatic carbocycles. The van der Waals surface area contributed by atoms with Gasteiger partial charge in [-0.2, -0.15) is 16.4 Å². The van der Waals surface area contributed by atoms with Gasteiger partial charge >= 0.3 is 6.03 Å². The highest BCUT2D eigenvalue weighted by Gasteiger charge is 2.29. The molecule has 0 unspecified atom stereocenters. The largest absolute Gasteiger partial charge is 0.367 e. The van der Waals surface area contributed by atoms with Crippen molar-refractivity contribution in [2.24, 2.45) is 0 Å². The molecule has 2 aromatic rings. The second kappa shape index (κ2) is 7.61. The predicted molar refractivity (Wildman–Crippen MR) is 89.4 cm³/mol. The molecule has 124 valence electrons. The number of hydrogen-bond acceptors (Lipinski definition) is 4. The van der Waals surface area contributed by atoms with E-state index in [1.54, 1.807) is 17.5 Å². The zero-order valence-electron chi connectivity index (χ0n) is 13.2. The lowest BCUT2D eigenvalue weighted by atomic mass is 10.1. The van der Waals surface area contributed by atoms with Gasteiger partial charge in [0.15, 0.2) is 0 Å². The summed E-state index contributed by atoms with van der Waals surface area (Å²) < 4.78 is 7.83. The number of rotatable bonds is 5. The van der Waals surface area contributed by atoms with Crippen LogP contribution in [0.4, 0.5) is 4.79 Å². The van der Waals surface area contributed by atoms with Gasteiger partial charge < -0.3 is 15.0 Å². The summed E-state index contributed by atoms with van der Waals surface area (Å²) in [5.41, 5.74) is 1.15. The molecule has 23 heavy (non-hydrogen) atoms. The van der Waals surface area contributed by atoms with Gasteiger partial charge in [-0.25, -0.2) is 4.79 Å². The summed E-state index contributed by atoms with van der Waals surface area (Å²) in [6.45, 7) is 4.70. The standard InChI is InChI=1S/C16H22N4O2S/c1-13-10-19(11-15(22-13)14-4-9-23-12-14)16(21)17-5-2-7-20-8-3-6-18-20/h3-4,6,8-9,12-13,15H,2,5,7,10-11H2,1H3,(H,17,21)/t13-,15-/m1/s1. The molecule has 1 saturated heterocycles. The fourth-order valence-electron chi connectivity index (χ4n) is 2.74. The van der Waals surface area contributed by atoms with Gasteiger partial charge in [-0.3, -0.25) is 4.68 Å². The van der Waals surface area contributed by atoms with Gasteiger partial charge in [-0.05, 0) is 41.8 Å². The zero-order valence-corrected chi connectivity index (χ0v) is 14.0. The number of carbonyl (C=O) groups excluding carboxylic acids is 1. The van der Waals surface area contributed by atoms with Gasteiger partial charge in [0, 0.05) is 32.0 Å². The van der Waals surface area contributed by atoms with Crippen LogP contribution in [0.15, 0.2) is 35.3 Å². The number of morpholine rings is 1. The van der Waals surface area contributed by atoms with E-state index in [1.807, 2.05) is 34.1 Å². The van der Waals surface area contributed by atoms with Gasteiger partial charge in [0.25, 0.3) is 0 Å². The number of aromatic nitrogens is 2. The first kappa shape index (κ1) is 16.0. The van der Waals surface area contributed by atoms with Crippen LogP contribution in [0.1, 0.15) is 25.0 Å². The highest BCUT2D eigenvalue weighted by molar-refractivity contribution is 7.07. The average Bonchev–Trinajstić information content (AvgIpc) is 3.24. The van der Waals surface area contributed by atoms with Gasteiger partial charge in [-0.1, -0.05) is 0 Å². The third-order valence-corrected chi connectivity index (χ3v) is 4.56. The fourth-order valence-corrected chi connectivity index (χ4v) is 3.44. The second-order valence-electron chi connectivity index (χ2n) is 5.75. The van der Waals surface area contributed by atoms with Crippen molar-refractivity contribution in [1.29, 1.82) is 0 Å². The predicted octanol–water partition coefficient (Wildman–Crippen LogP) is 2.51. The van der Waals surface area contributed by atoms with E-state index in [0.717, 1.165) is 18.5 Å². The number of amides is 2. The van der Waals surface area contributed by atoms with Gasteiger partial charge in [0.05, 0.1) is 12.6 Å². The average molecular weight is 334 g/mol. The van der Waals surface area contributed by atoms with Gasteiger partial charge in [-0.15, -0.1) is 0 Å². The Bertz CT molecular complexity index is 600. The fraction of sp³-hybridized carbons (Fsp3) is 0.500. The van der Waals surface area contributed by atoms with Crippen molar-refractivity contribution in [3.8, 4) is 0 Å². The molecular formula is C16H22N4O2S. The Labute approximate surface area is 140 Å². The molecule has 1 N–H and O–H groups in total. The Hall–Kier alpha value is -1.86. The molecule has 1 aliphatic rings. The molecule has 6 nitrogen and oxygen atoms in total. The van der Waals surface area contributed by atoms with E-state index < -0.39 is 0 Å². The van der Waals surface area contributed by atoms with Crippen molar-refractivity contribution in [2.75, 3.05) is 19.6 Å². The van der Waals surface area contributed by atoms with Crippen LogP contribution in [0.25, 0.3) is 0 Å². The SMILES string of the molecule is C[C@@H]1CN(C(=O)NCCCn2cccn2)C[C@H](c2ccsc2)O1. The molecule has 1 aliphatic heterocycles. The Kier molecular flexibility index (Phi) is 5.30. The Morgan fingerprint density at radius 1 is 1.52 bits per heavy atom. The maximum Gasteiger partial charge on any atom is 0.317 e. The third-order valence-electron chi connectivity index (χ3n) is 3.86. The molecule has 0 saturated carbocycles. The lowest BCUT2D eigenvalue weighted by molar-refractivity contribution is -0.0654. The summed E-state index contributed by atoms with van der Waals surface area (Å²) in [6, 6.07) is 3.95. The van der Waals surface area contributed by atoms with Crippen LogP contribution in [0.3, 0.4) is 0 Å². The lowest BCUT2D eigenvalue weighted by Crippen LogP contribution is -2.50. The summed E-state index contributed by atoms with van der Waals surface area (Å²) in [7, 11) is 0. The Morgan fingerprint density at radius 3 is 3.17 bits per heavy atom. The van der Waals surface area contributed by atoms with E-state index in [-0.39, 0.29) is 18.2 Å². The van der Waals surface area contributed by atoms with E-state index in [1.165, 1.54) is 0 Å². The number of nitrogens with zero attached hydrogens (tertiary/aromatic N) is 3. The number of carbonyl (C=O) groups is 1. The summed E-state index contributed by atoms with van der Waals surface area (Å²) in [5.74, 6) is 0. The van der Waals surface area contributed by atoms with Crippen LogP contribution < -0.4 is 5.32 Å². The molecule has 7 heteroatoms. The van der Waals surface area contributed by atoms with Crippen LogP contribution in [-0.2, 0) is 11.3 Å². The highest BCUT2D eigenvalue weighted by Crippen LogP contribution is 2.26. The topological polar surface area (TPSA) is 59.4 Å². The molecule has 2 atom stereocenters. The third kappa shape index (κ3) is 4.33. The van der Waals surface area contributed by atoms with Crippen LogP contribution in [0, 0.1) is 0 Å². The van der Waals surface area contributed by atoms with Crippen molar-refractivity contribution in [2.45, 2.75) is 32.1 Å². The molecule has 2 amide bonds. The maximum absolute atomic E-state index is 12.4. The summed E-state index contributed by atoms with van der Waals surface area (Å²) in [6.07, 6.45) is 4.57. The summed E-state index contributed by atoms with van der Waals surface area (Å²) in [4.78, 5) is 14.2. The molecule has 2 aromatic heterocycles. The number of thiophene rings is 1. The van der Waals surface area contributed by atoms with Crippen LogP contribution in [-0.4, -0.2) is 46.4 Å². The molecule has 3 heterocycles. The van der Waals surface area contributed by atoms with Crippen LogP contribution in [0.2, 0.25) is 0 Å². The first-order valence-electron chi connectivity index (χ1n) is 7.90. The summed E-state index contributed by atoms with van der Waals surface area (Å²) >= 11 is 1.65. The van der Waals surface area contributed by atoms with Gasteiger partial charge in [0.1, 0.15) is 6.10 Å². The first-order valence-corrected chi connectivity index (χ1v) is 8.84. The molecule has 0 aromatic carbocycles. The minimum Gasteiger partial charge on any atom is -0.367 e. The highest BCUT2D eigenvalue weighted by atomic mass is 32.1. The monoisotopic (exact) mass is 334 g/mol. The Balaban J connectivity index is 1.46. The van der Waals surface area contributed by atoms with E-state index >= 15 is 0 Å². The molecule has 0 spiro atoms. The van der Waals surface area contributed by atoms with Crippen molar-refractivity contribution in [1.82, 2.24) is 20.0 Å². The second-order valence-corrected chi connectivity index (χ2v) is 6.53. The maximum atomic E-state index is 12.4. The van der Waals surface area contributed by atoms with Crippen molar-refractivity contribution in [3.63, 3.8) is 0 Å². The molecule has 0 bridgehead atoms. The minimum absolute atomic E-state index is 0.0131. The van der Waals surface area contributed by atoms with E-state index in [0.29, 0.717) is 19.6 Å². The smallest absolute Gasteiger partial charge is 0.317 e. The normalized spacial score (nSPS) is 21.3. The Morgan fingerprint density at radius 2 is 2.43 bits per heavy atom. The van der Waals surface area contributed by atoms with Gasteiger partial charge in [0.2, 0.25) is 0 Å². The molecular weight excluding hydrogens is 312 g/mol. The van der Waals surface area contributed by atoms with Crippen molar-refractivity contribution < 1.29 is 9.53 Å². The zero-order chi connectivity index (χ0) is 16.1. The number of nitrogens with one attached hydrogen (secondary N) is 1. The number of urea groups is 1. The van der Waals surface area contributed by atoms with Crippen molar-refractivity contribution >= 4 is 17.4 Å². The molecule has 1 fully saturated rings. The lowest BCUT2D eigenvalue weighted by Gasteiger charge is -2.36. The number of ether oxygens (including phenoxy) is 1. The molecule has 0 radical (unpaired) electrons.